The Labute approximate surface area is 125 Å². The van der Waals surface area contributed by atoms with Crippen LogP contribution in [0.4, 0.5) is 11.4 Å². The Kier molecular flexibility index (Phi) is 4.43. The van der Waals surface area contributed by atoms with Crippen LogP contribution in [0, 0.1) is 32.8 Å². The van der Waals surface area contributed by atoms with Crippen LogP contribution in [0.5, 0.6) is 0 Å². The van der Waals surface area contributed by atoms with Crippen LogP contribution in [0.15, 0.2) is 53.6 Å². The van der Waals surface area contributed by atoms with Gasteiger partial charge in [0.2, 0.25) is 5.71 Å². The molecule has 0 fully saturated rings. The van der Waals surface area contributed by atoms with Crippen LogP contribution in [-0.4, -0.2) is 10.6 Å². The van der Waals surface area contributed by atoms with Gasteiger partial charge in [-0.05, 0) is 23.8 Å². The number of para-hydroxylation sites is 1. The summed E-state index contributed by atoms with van der Waals surface area (Å²) >= 11 is 0. The van der Waals surface area contributed by atoms with Crippen LogP contribution in [0.2, 0.25) is 0 Å². The van der Waals surface area contributed by atoms with Gasteiger partial charge in [0.25, 0.3) is 5.69 Å². The van der Waals surface area contributed by atoms with Gasteiger partial charge in [-0.1, -0.05) is 18.2 Å². The molecule has 0 aromatic heterocycles. The number of hydrogen-bond acceptors (Lipinski definition) is 6. The predicted molar refractivity (Wildman–Crippen MR) is 80.8 cm³/mol. The molecule has 0 spiro atoms. The van der Waals surface area contributed by atoms with Gasteiger partial charge >= 0.3 is 0 Å². The quantitative estimate of drug-likeness (QED) is 0.528. The smallest absolute Gasteiger partial charge is 0.269 e. The summed E-state index contributed by atoms with van der Waals surface area (Å²) in [4.78, 5) is 10.2. The number of nitro benzene ring substituents is 1. The van der Waals surface area contributed by atoms with E-state index >= 15 is 0 Å². The van der Waals surface area contributed by atoms with E-state index in [1.165, 1.54) is 12.1 Å². The first-order chi connectivity index (χ1) is 10.7. The molecule has 0 saturated carbocycles. The Morgan fingerprint density at radius 2 is 1.73 bits per heavy atom. The minimum Gasteiger partial charge on any atom is -0.276 e. The molecule has 0 aliphatic carbocycles. The van der Waals surface area contributed by atoms with Gasteiger partial charge in [-0.25, -0.2) is 0 Å². The fourth-order valence-corrected chi connectivity index (χ4v) is 1.79. The number of hydrogen-bond donors (Lipinski definition) is 1. The maximum Gasteiger partial charge on any atom is 0.269 e. The van der Waals surface area contributed by atoms with E-state index in [4.69, 9.17) is 10.5 Å². The van der Waals surface area contributed by atoms with E-state index in [1.807, 2.05) is 0 Å². The summed E-state index contributed by atoms with van der Waals surface area (Å²) in [5.74, 6) is 0. The van der Waals surface area contributed by atoms with Crippen LogP contribution >= 0.6 is 0 Å². The van der Waals surface area contributed by atoms with Crippen molar-refractivity contribution in [3.05, 3.63) is 58.6 Å². The molecule has 0 amide bonds. The summed E-state index contributed by atoms with van der Waals surface area (Å²) in [6.45, 7) is 0. The van der Waals surface area contributed by atoms with Crippen molar-refractivity contribution in [1.82, 2.24) is 0 Å². The number of anilines is 1. The number of nitriles is 2. The van der Waals surface area contributed by atoms with Gasteiger partial charge in [0, 0.05) is 17.7 Å². The number of hydrazone groups is 1. The standard InChI is InChI=1S/C15H9N5O2/c16-9-12(10-17)18-19-15-4-2-1-3-14(15)11-5-7-13(8-6-11)20(21)22/h1-8,19H. The van der Waals surface area contributed by atoms with Crippen molar-refractivity contribution in [1.29, 1.82) is 10.5 Å². The van der Waals surface area contributed by atoms with Crippen LogP contribution < -0.4 is 5.43 Å². The van der Waals surface area contributed by atoms with Gasteiger partial charge in [0.05, 0.1) is 10.6 Å². The van der Waals surface area contributed by atoms with Gasteiger partial charge in [-0.15, -0.1) is 0 Å². The van der Waals surface area contributed by atoms with Gasteiger partial charge in [0.1, 0.15) is 12.1 Å². The molecule has 106 valence electrons. The molecule has 0 unspecified atom stereocenters. The Bertz CT molecular complexity index is 797. The maximum atomic E-state index is 10.7. The molecule has 0 heterocycles. The highest BCUT2D eigenvalue weighted by Crippen LogP contribution is 2.29. The van der Waals surface area contributed by atoms with Crippen LogP contribution in [0.25, 0.3) is 11.1 Å². The molecule has 0 saturated heterocycles. The average Bonchev–Trinajstić information content (AvgIpc) is 2.56. The van der Waals surface area contributed by atoms with E-state index in [0.717, 1.165) is 11.1 Å². The van der Waals surface area contributed by atoms with Crippen molar-refractivity contribution in [3.63, 3.8) is 0 Å². The highest BCUT2D eigenvalue weighted by molar-refractivity contribution is 6.10. The second-order valence-electron chi connectivity index (χ2n) is 4.15. The lowest BCUT2D eigenvalue weighted by Gasteiger charge is -2.08. The molecule has 0 radical (unpaired) electrons. The highest BCUT2D eigenvalue weighted by atomic mass is 16.6. The monoisotopic (exact) mass is 291 g/mol. The highest BCUT2D eigenvalue weighted by Gasteiger charge is 2.08. The van der Waals surface area contributed by atoms with Crippen molar-refractivity contribution in [2.75, 3.05) is 5.43 Å². The maximum absolute atomic E-state index is 10.7. The Morgan fingerprint density at radius 1 is 1.09 bits per heavy atom. The van der Waals surface area contributed by atoms with Crippen molar-refractivity contribution in [2.45, 2.75) is 0 Å². The fourth-order valence-electron chi connectivity index (χ4n) is 1.79. The summed E-state index contributed by atoms with van der Waals surface area (Å²) in [5, 5.41) is 31.7. The first-order valence-electron chi connectivity index (χ1n) is 6.13. The summed E-state index contributed by atoms with van der Waals surface area (Å²) in [6.07, 6.45) is 0. The fraction of sp³-hybridized carbons (Fsp3) is 0. The lowest BCUT2D eigenvalue weighted by molar-refractivity contribution is -0.384. The average molecular weight is 291 g/mol. The summed E-state index contributed by atoms with van der Waals surface area (Å²) in [5.41, 5.74) is 4.45. The van der Waals surface area contributed by atoms with Crippen molar-refractivity contribution in [2.24, 2.45) is 5.10 Å². The zero-order valence-corrected chi connectivity index (χ0v) is 11.2. The zero-order valence-electron chi connectivity index (χ0n) is 11.2. The van der Waals surface area contributed by atoms with Crippen molar-refractivity contribution < 1.29 is 4.92 Å². The second kappa shape index (κ2) is 6.64. The molecule has 0 atom stereocenters. The molecule has 7 heteroatoms. The third kappa shape index (κ3) is 3.24. The van der Waals surface area contributed by atoms with E-state index < -0.39 is 4.92 Å². The Balaban J connectivity index is 2.37. The molecule has 0 aliphatic heterocycles. The molecular weight excluding hydrogens is 282 g/mol. The number of non-ortho nitro benzene ring substituents is 1. The first kappa shape index (κ1) is 14.7. The summed E-state index contributed by atoms with van der Waals surface area (Å²) in [6, 6.07) is 16.5. The number of nitro groups is 1. The van der Waals surface area contributed by atoms with Crippen molar-refractivity contribution in [3.8, 4) is 23.3 Å². The molecule has 0 bridgehead atoms. The van der Waals surface area contributed by atoms with Gasteiger partial charge < -0.3 is 0 Å². The predicted octanol–water partition coefficient (Wildman–Crippen LogP) is 3.08. The minimum atomic E-state index is -0.468. The summed E-state index contributed by atoms with van der Waals surface area (Å²) in [7, 11) is 0. The SMILES string of the molecule is N#CC(C#N)=NNc1ccccc1-c1ccc([N+](=O)[O-])cc1. The number of nitrogens with one attached hydrogen (secondary N) is 1. The normalized spacial score (nSPS) is 9.18. The Morgan fingerprint density at radius 3 is 2.32 bits per heavy atom. The molecule has 2 aromatic carbocycles. The molecular formula is C15H9N5O2. The number of rotatable bonds is 4. The van der Waals surface area contributed by atoms with Crippen LogP contribution in [-0.2, 0) is 0 Å². The van der Waals surface area contributed by atoms with E-state index in [2.05, 4.69) is 10.5 Å². The molecule has 2 aromatic rings. The molecule has 7 nitrogen and oxygen atoms in total. The Hall–Kier alpha value is -3.71. The van der Waals surface area contributed by atoms with Crippen LogP contribution in [0.3, 0.4) is 0 Å². The molecule has 22 heavy (non-hydrogen) atoms. The zero-order chi connectivity index (χ0) is 15.9. The number of nitrogens with zero attached hydrogens (tertiary/aromatic N) is 4. The van der Waals surface area contributed by atoms with Gasteiger partial charge in [0.15, 0.2) is 0 Å². The van der Waals surface area contributed by atoms with E-state index in [9.17, 15) is 10.1 Å². The van der Waals surface area contributed by atoms with Gasteiger partial charge in [-0.3, -0.25) is 15.5 Å². The third-order valence-electron chi connectivity index (χ3n) is 2.82. The van der Waals surface area contributed by atoms with E-state index in [-0.39, 0.29) is 11.4 Å². The minimum absolute atomic E-state index is 0.00320. The van der Waals surface area contributed by atoms with Crippen LogP contribution in [0.1, 0.15) is 0 Å². The number of benzene rings is 2. The largest absolute Gasteiger partial charge is 0.276 e. The van der Waals surface area contributed by atoms with Crippen molar-refractivity contribution >= 4 is 17.1 Å². The molecule has 0 aliphatic rings. The van der Waals surface area contributed by atoms with E-state index in [0.29, 0.717) is 5.69 Å². The van der Waals surface area contributed by atoms with Gasteiger partial charge in [-0.2, -0.15) is 15.6 Å². The first-order valence-corrected chi connectivity index (χ1v) is 6.13. The molecule has 2 rings (SSSR count). The van der Waals surface area contributed by atoms with E-state index in [1.54, 1.807) is 48.5 Å². The topological polar surface area (TPSA) is 115 Å². The third-order valence-corrected chi connectivity index (χ3v) is 2.82. The lowest BCUT2D eigenvalue weighted by atomic mass is 10.0. The molecule has 1 N–H and O–H groups in total. The summed E-state index contributed by atoms with van der Waals surface area (Å²) < 4.78 is 0. The second-order valence-corrected chi connectivity index (χ2v) is 4.15. The lowest BCUT2D eigenvalue weighted by Crippen LogP contribution is -1.98.